The van der Waals surface area contributed by atoms with Crippen molar-refractivity contribution in [1.29, 1.82) is 0 Å². The average molecular weight is 705 g/mol. The van der Waals surface area contributed by atoms with Crippen LogP contribution in [0.15, 0.2) is 112 Å². The lowest BCUT2D eigenvalue weighted by Gasteiger charge is -2.34. The predicted molar refractivity (Wildman–Crippen MR) is 188 cm³/mol. The standard InChI is InChI=1S/C37H42BrN3O4S/c1-4-6-24-39-37(43)35(25-29-12-8-7-9-13-29)40(26-30-18-20-32(38)21-19-30)36(42)27-41(34-15-11-10-14-31(34)5-2)46(44,45)33-22-16-28(3)17-23-33/h7-23,35H,4-6,24-27H2,1-3H3,(H,39,43)/t35-/m1/s1. The summed E-state index contributed by atoms with van der Waals surface area (Å²) in [4.78, 5) is 30.1. The first kappa shape index (κ1) is 34.9. The van der Waals surface area contributed by atoms with E-state index in [-0.39, 0.29) is 23.8 Å². The number of halogens is 1. The number of benzene rings is 4. The Labute approximate surface area is 281 Å². The fourth-order valence-corrected chi connectivity index (χ4v) is 6.97. The van der Waals surface area contributed by atoms with Gasteiger partial charge in [0.2, 0.25) is 11.8 Å². The highest BCUT2D eigenvalue weighted by Crippen LogP contribution is 2.29. The summed E-state index contributed by atoms with van der Waals surface area (Å²) in [6, 6.07) is 30.1. The molecule has 1 atom stereocenters. The molecule has 1 N–H and O–H groups in total. The number of aryl methyl sites for hydroxylation is 2. The molecule has 242 valence electrons. The Balaban J connectivity index is 1.81. The Morgan fingerprint density at radius 1 is 0.826 bits per heavy atom. The van der Waals surface area contributed by atoms with Gasteiger partial charge in [-0.25, -0.2) is 8.42 Å². The van der Waals surface area contributed by atoms with E-state index in [0.29, 0.717) is 18.7 Å². The molecule has 0 heterocycles. The number of carbonyl (C=O) groups is 2. The summed E-state index contributed by atoms with van der Waals surface area (Å²) < 4.78 is 30.7. The number of carbonyl (C=O) groups excluding carboxylic acids is 2. The van der Waals surface area contributed by atoms with Crippen molar-refractivity contribution in [2.75, 3.05) is 17.4 Å². The zero-order valence-electron chi connectivity index (χ0n) is 26.7. The van der Waals surface area contributed by atoms with Crippen molar-refractivity contribution in [3.8, 4) is 0 Å². The van der Waals surface area contributed by atoms with Crippen LogP contribution < -0.4 is 9.62 Å². The molecule has 0 saturated carbocycles. The molecule has 0 unspecified atom stereocenters. The molecule has 7 nitrogen and oxygen atoms in total. The number of para-hydroxylation sites is 1. The second-order valence-electron chi connectivity index (χ2n) is 11.3. The van der Waals surface area contributed by atoms with Crippen molar-refractivity contribution in [2.45, 2.75) is 63.9 Å². The van der Waals surface area contributed by atoms with Gasteiger partial charge in [0.05, 0.1) is 10.6 Å². The van der Waals surface area contributed by atoms with Crippen molar-refractivity contribution in [3.63, 3.8) is 0 Å². The molecule has 4 aromatic carbocycles. The van der Waals surface area contributed by atoms with Gasteiger partial charge < -0.3 is 10.2 Å². The van der Waals surface area contributed by atoms with E-state index in [1.165, 1.54) is 9.21 Å². The second kappa shape index (κ2) is 16.6. The molecular formula is C37H42BrN3O4S. The highest BCUT2D eigenvalue weighted by atomic mass is 79.9. The van der Waals surface area contributed by atoms with Crippen molar-refractivity contribution in [1.82, 2.24) is 10.2 Å². The summed E-state index contributed by atoms with van der Waals surface area (Å²) in [6.07, 6.45) is 2.56. The predicted octanol–water partition coefficient (Wildman–Crippen LogP) is 7.07. The number of amides is 2. The molecule has 9 heteroatoms. The smallest absolute Gasteiger partial charge is 0.264 e. The van der Waals surface area contributed by atoms with Gasteiger partial charge in [0.25, 0.3) is 10.0 Å². The number of unbranched alkanes of at least 4 members (excludes halogenated alkanes) is 1. The minimum Gasteiger partial charge on any atom is -0.354 e. The van der Waals surface area contributed by atoms with Crippen LogP contribution in [-0.2, 0) is 39.0 Å². The van der Waals surface area contributed by atoms with Crippen LogP contribution in [0.3, 0.4) is 0 Å². The van der Waals surface area contributed by atoms with E-state index in [4.69, 9.17) is 0 Å². The Morgan fingerprint density at radius 3 is 2.13 bits per heavy atom. The number of hydrogen-bond acceptors (Lipinski definition) is 4. The summed E-state index contributed by atoms with van der Waals surface area (Å²) in [6.45, 7) is 6.03. The van der Waals surface area contributed by atoms with Crippen LogP contribution in [0.5, 0.6) is 0 Å². The average Bonchev–Trinajstić information content (AvgIpc) is 3.06. The number of anilines is 1. The van der Waals surface area contributed by atoms with Crippen molar-refractivity contribution >= 4 is 43.5 Å². The van der Waals surface area contributed by atoms with Gasteiger partial charge in [-0.05, 0) is 66.8 Å². The van der Waals surface area contributed by atoms with Gasteiger partial charge in [-0.3, -0.25) is 13.9 Å². The first-order valence-electron chi connectivity index (χ1n) is 15.7. The van der Waals surface area contributed by atoms with E-state index in [0.717, 1.165) is 39.6 Å². The Kier molecular flexibility index (Phi) is 12.6. The van der Waals surface area contributed by atoms with E-state index in [1.807, 2.05) is 87.5 Å². The topological polar surface area (TPSA) is 86.8 Å². The summed E-state index contributed by atoms with van der Waals surface area (Å²) in [5.74, 6) is -0.749. The second-order valence-corrected chi connectivity index (χ2v) is 14.1. The zero-order valence-corrected chi connectivity index (χ0v) is 29.1. The fraction of sp³-hybridized carbons (Fsp3) is 0.297. The summed E-state index contributed by atoms with van der Waals surface area (Å²) >= 11 is 3.47. The van der Waals surface area contributed by atoms with Crippen LogP contribution in [0, 0.1) is 6.92 Å². The van der Waals surface area contributed by atoms with Gasteiger partial charge in [0, 0.05) is 24.0 Å². The van der Waals surface area contributed by atoms with Crippen molar-refractivity contribution in [2.24, 2.45) is 0 Å². The largest absolute Gasteiger partial charge is 0.354 e. The van der Waals surface area contributed by atoms with Crippen LogP contribution in [0.2, 0.25) is 0 Å². The quantitative estimate of drug-likeness (QED) is 0.134. The molecule has 4 rings (SSSR count). The first-order chi connectivity index (χ1) is 22.1. The molecule has 0 aliphatic carbocycles. The molecule has 0 fully saturated rings. The van der Waals surface area contributed by atoms with Crippen LogP contribution in [0.4, 0.5) is 5.69 Å². The van der Waals surface area contributed by atoms with E-state index in [1.54, 1.807) is 36.4 Å². The van der Waals surface area contributed by atoms with Crippen molar-refractivity contribution < 1.29 is 18.0 Å². The number of hydrogen-bond donors (Lipinski definition) is 1. The van der Waals surface area contributed by atoms with Gasteiger partial charge >= 0.3 is 0 Å². The molecule has 0 radical (unpaired) electrons. The molecule has 0 spiro atoms. The number of rotatable bonds is 15. The van der Waals surface area contributed by atoms with Crippen molar-refractivity contribution in [3.05, 3.63) is 130 Å². The normalized spacial score (nSPS) is 11.9. The maximum absolute atomic E-state index is 14.6. The van der Waals surface area contributed by atoms with Crippen LogP contribution in [0.1, 0.15) is 48.9 Å². The summed E-state index contributed by atoms with van der Waals surface area (Å²) in [7, 11) is -4.15. The van der Waals surface area contributed by atoms with Gasteiger partial charge in [-0.2, -0.15) is 0 Å². The number of sulfonamides is 1. The lowest BCUT2D eigenvalue weighted by molar-refractivity contribution is -0.140. The molecule has 4 aromatic rings. The minimum absolute atomic E-state index is 0.0920. The number of nitrogens with zero attached hydrogens (tertiary/aromatic N) is 2. The van der Waals surface area contributed by atoms with Gasteiger partial charge in [0.15, 0.2) is 0 Å². The van der Waals surface area contributed by atoms with Gasteiger partial charge in [-0.1, -0.05) is 115 Å². The van der Waals surface area contributed by atoms with Gasteiger partial charge in [-0.15, -0.1) is 0 Å². The third-order valence-electron chi connectivity index (χ3n) is 7.90. The summed E-state index contributed by atoms with van der Waals surface area (Å²) in [5, 5.41) is 3.03. The van der Waals surface area contributed by atoms with Crippen LogP contribution in [0.25, 0.3) is 0 Å². The highest BCUT2D eigenvalue weighted by Gasteiger charge is 2.35. The molecule has 0 aliphatic rings. The van der Waals surface area contributed by atoms with E-state index in [9.17, 15) is 18.0 Å². The molecule has 0 saturated heterocycles. The monoisotopic (exact) mass is 703 g/mol. The van der Waals surface area contributed by atoms with Crippen LogP contribution in [-0.4, -0.2) is 44.3 Å². The third kappa shape index (κ3) is 9.07. The maximum Gasteiger partial charge on any atom is 0.264 e. The molecule has 0 aliphatic heterocycles. The van der Waals surface area contributed by atoms with E-state index >= 15 is 0 Å². The third-order valence-corrected chi connectivity index (χ3v) is 10.2. The molecular weight excluding hydrogens is 662 g/mol. The lowest BCUT2D eigenvalue weighted by atomic mass is 10.0. The van der Waals surface area contributed by atoms with E-state index in [2.05, 4.69) is 21.2 Å². The Hall–Kier alpha value is -3.95. The zero-order chi connectivity index (χ0) is 33.1. The molecule has 46 heavy (non-hydrogen) atoms. The fourth-order valence-electron chi connectivity index (χ4n) is 5.25. The number of nitrogens with one attached hydrogen (secondary N) is 1. The van der Waals surface area contributed by atoms with Gasteiger partial charge in [0.1, 0.15) is 12.6 Å². The Bertz CT molecular complexity index is 1700. The maximum atomic E-state index is 14.6. The molecule has 2 amide bonds. The minimum atomic E-state index is -4.15. The van der Waals surface area contributed by atoms with Crippen LogP contribution >= 0.6 is 15.9 Å². The first-order valence-corrected chi connectivity index (χ1v) is 17.9. The Morgan fingerprint density at radius 2 is 1.48 bits per heavy atom. The SMILES string of the molecule is CCCCNC(=O)[C@@H](Cc1ccccc1)N(Cc1ccc(Br)cc1)C(=O)CN(c1ccccc1CC)S(=O)(=O)c1ccc(C)cc1. The molecule has 0 aromatic heterocycles. The lowest BCUT2D eigenvalue weighted by Crippen LogP contribution is -2.53. The van der Waals surface area contributed by atoms with E-state index < -0.39 is 28.5 Å². The summed E-state index contributed by atoms with van der Waals surface area (Å²) in [5.41, 5.74) is 3.87. The highest BCUT2D eigenvalue weighted by molar-refractivity contribution is 9.10. The molecule has 0 bridgehead atoms.